The van der Waals surface area contributed by atoms with Crippen LogP contribution in [0.3, 0.4) is 0 Å². The van der Waals surface area contributed by atoms with Gasteiger partial charge in [-0.2, -0.15) is 5.10 Å². The largest absolute Gasteiger partial charge is 0.158 e. The second-order valence-corrected chi connectivity index (χ2v) is 5.12. The summed E-state index contributed by atoms with van der Waals surface area (Å²) in [5, 5.41) is 7.79. The maximum Gasteiger partial charge on any atom is 0.132 e. The van der Waals surface area contributed by atoms with Crippen molar-refractivity contribution in [3.05, 3.63) is 22.4 Å². The van der Waals surface area contributed by atoms with Crippen molar-refractivity contribution < 1.29 is 0 Å². The van der Waals surface area contributed by atoms with Crippen LogP contribution in [0.1, 0.15) is 39.2 Å². The Labute approximate surface area is 87.9 Å². The maximum atomic E-state index is 3.98. The number of hydrogen-bond acceptors (Lipinski definition) is 2. The van der Waals surface area contributed by atoms with E-state index in [1.165, 1.54) is 5.56 Å². The van der Waals surface area contributed by atoms with Crippen LogP contribution in [0.5, 0.6) is 0 Å². The molecule has 0 amide bonds. The molecule has 0 radical (unpaired) electrons. The van der Waals surface area contributed by atoms with Crippen LogP contribution >= 0.6 is 15.9 Å². The summed E-state index contributed by atoms with van der Waals surface area (Å²) in [4.78, 5) is 0. The fourth-order valence-corrected chi connectivity index (χ4v) is 1.68. The minimum absolute atomic E-state index is 0.256. The zero-order valence-corrected chi connectivity index (χ0v) is 10.1. The van der Waals surface area contributed by atoms with Crippen LogP contribution in [-0.2, 0) is 0 Å². The molecule has 13 heavy (non-hydrogen) atoms. The average molecular weight is 243 g/mol. The highest BCUT2D eigenvalue weighted by molar-refractivity contribution is 9.10. The molecule has 1 aromatic rings. The topological polar surface area (TPSA) is 25.8 Å². The van der Waals surface area contributed by atoms with Gasteiger partial charge in [-0.25, -0.2) is 0 Å². The van der Waals surface area contributed by atoms with E-state index >= 15 is 0 Å². The Balaban J connectivity index is 3.02. The summed E-state index contributed by atoms with van der Waals surface area (Å²) < 4.78 is 0.859. The Morgan fingerprint density at radius 3 is 2.46 bits per heavy atom. The van der Waals surface area contributed by atoms with E-state index < -0.39 is 0 Å². The van der Waals surface area contributed by atoms with Crippen molar-refractivity contribution in [3.63, 3.8) is 0 Å². The molecule has 1 unspecified atom stereocenters. The van der Waals surface area contributed by atoms with Crippen molar-refractivity contribution in [1.29, 1.82) is 0 Å². The summed E-state index contributed by atoms with van der Waals surface area (Å²) in [5.74, 6) is 0.470. The highest BCUT2D eigenvalue weighted by Gasteiger charge is 2.23. The normalized spacial score (nSPS) is 14.2. The summed E-state index contributed by atoms with van der Waals surface area (Å²) in [6.45, 7) is 8.89. The standard InChI is InChI=1S/C10H15BrN2/c1-7(10(2,3)4)8-5-6-12-13-9(8)11/h5-7H,1-4H3. The van der Waals surface area contributed by atoms with Crippen LogP contribution in [0.2, 0.25) is 0 Å². The van der Waals surface area contributed by atoms with E-state index in [1.807, 2.05) is 6.07 Å². The Hall–Kier alpha value is -0.440. The van der Waals surface area contributed by atoms with Gasteiger partial charge in [0, 0.05) is 6.20 Å². The predicted octanol–water partition coefficient (Wildman–Crippen LogP) is 3.39. The summed E-state index contributed by atoms with van der Waals surface area (Å²) in [7, 11) is 0. The molecule has 2 nitrogen and oxygen atoms in total. The first-order valence-corrected chi connectivity index (χ1v) is 5.19. The van der Waals surface area contributed by atoms with Crippen LogP contribution in [-0.4, -0.2) is 10.2 Å². The number of hydrogen-bond donors (Lipinski definition) is 0. The lowest BCUT2D eigenvalue weighted by atomic mass is 9.78. The van der Waals surface area contributed by atoms with E-state index in [0.29, 0.717) is 5.92 Å². The van der Waals surface area contributed by atoms with Crippen LogP contribution in [0.4, 0.5) is 0 Å². The highest BCUT2D eigenvalue weighted by Crippen LogP contribution is 2.36. The minimum Gasteiger partial charge on any atom is -0.158 e. The highest BCUT2D eigenvalue weighted by atomic mass is 79.9. The molecule has 0 aliphatic heterocycles. The van der Waals surface area contributed by atoms with Gasteiger partial charge in [-0.15, -0.1) is 5.10 Å². The first-order chi connectivity index (χ1) is 5.93. The van der Waals surface area contributed by atoms with Gasteiger partial charge in [0.05, 0.1) is 0 Å². The van der Waals surface area contributed by atoms with Gasteiger partial charge in [0.1, 0.15) is 4.60 Å². The molecule has 3 heteroatoms. The van der Waals surface area contributed by atoms with Gasteiger partial charge in [-0.3, -0.25) is 0 Å². The third-order valence-corrected chi connectivity index (χ3v) is 3.09. The van der Waals surface area contributed by atoms with Crippen molar-refractivity contribution in [3.8, 4) is 0 Å². The molecule has 0 saturated carbocycles. The van der Waals surface area contributed by atoms with Crippen molar-refractivity contribution in [2.45, 2.75) is 33.6 Å². The smallest absolute Gasteiger partial charge is 0.132 e. The first-order valence-electron chi connectivity index (χ1n) is 4.40. The van der Waals surface area contributed by atoms with Crippen LogP contribution in [0.25, 0.3) is 0 Å². The number of aromatic nitrogens is 2. The molecule has 0 saturated heterocycles. The van der Waals surface area contributed by atoms with Gasteiger partial charge < -0.3 is 0 Å². The number of nitrogens with zero attached hydrogens (tertiary/aromatic N) is 2. The lowest BCUT2D eigenvalue weighted by Gasteiger charge is -2.27. The fraction of sp³-hybridized carbons (Fsp3) is 0.600. The van der Waals surface area contributed by atoms with Crippen molar-refractivity contribution in [2.75, 3.05) is 0 Å². The van der Waals surface area contributed by atoms with Gasteiger partial charge in [-0.1, -0.05) is 27.7 Å². The maximum absolute atomic E-state index is 3.98. The predicted molar refractivity (Wildman–Crippen MR) is 57.6 cm³/mol. The molecule has 72 valence electrons. The Morgan fingerprint density at radius 2 is 2.00 bits per heavy atom. The molecule has 1 rings (SSSR count). The third-order valence-electron chi connectivity index (χ3n) is 2.47. The monoisotopic (exact) mass is 242 g/mol. The van der Waals surface area contributed by atoms with Crippen LogP contribution in [0.15, 0.2) is 16.9 Å². The molecular formula is C10H15BrN2. The fourth-order valence-electron chi connectivity index (χ4n) is 1.11. The van der Waals surface area contributed by atoms with E-state index in [4.69, 9.17) is 0 Å². The average Bonchev–Trinajstić information content (AvgIpc) is 2.02. The lowest BCUT2D eigenvalue weighted by molar-refractivity contribution is 0.337. The Morgan fingerprint density at radius 1 is 1.38 bits per heavy atom. The quantitative estimate of drug-likeness (QED) is 0.755. The van der Waals surface area contributed by atoms with Crippen molar-refractivity contribution >= 4 is 15.9 Å². The van der Waals surface area contributed by atoms with E-state index in [1.54, 1.807) is 6.20 Å². The van der Waals surface area contributed by atoms with Crippen LogP contribution < -0.4 is 0 Å². The number of halogens is 1. The summed E-state index contributed by atoms with van der Waals surface area (Å²) >= 11 is 3.42. The SMILES string of the molecule is CC(c1ccnnc1Br)C(C)(C)C. The van der Waals surface area contributed by atoms with E-state index in [2.05, 4.69) is 53.8 Å². The van der Waals surface area contributed by atoms with Gasteiger partial charge in [-0.05, 0) is 38.9 Å². The molecule has 1 aromatic heterocycles. The van der Waals surface area contributed by atoms with Gasteiger partial charge in [0.25, 0.3) is 0 Å². The molecule has 0 aliphatic rings. The summed E-state index contributed by atoms with van der Waals surface area (Å²) in [5.41, 5.74) is 1.48. The number of rotatable bonds is 1. The summed E-state index contributed by atoms with van der Waals surface area (Å²) in [6.07, 6.45) is 1.74. The second kappa shape index (κ2) is 3.74. The molecule has 0 bridgehead atoms. The Kier molecular flexibility index (Phi) is 3.06. The van der Waals surface area contributed by atoms with Gasteiger partial charge in [0.2, 0.25) is 0 Å². The zero-order valence-electron chi connectivity index (χ0n) is 8.50. The molecule has 0 N–H and O–H groups in total. The van der Waals surface area contributed by atoms with E-state index in [0.717, 1.165) is 4.60 Å². The van der Waals surface area contributed by atoms with E-state index in [9.17, 15) is 0 Å². The molecule has 0 aliphatic carbocycles. The van der Waals surface area contributed by atoms with Gasteiger partial charge in [0.15, 0.2) is 0 Å². The van der Waals surface area contributed by atoms with Gasteiger partial charge >= 0.3 is 0 Å². The Bertz CT molecular complexity index is 291. The molecule has 0 aromatic carbocycles. The molecule has 0 spiro atoms. The van der Waals surface area contributed by atoms with Crippen molar-refractivity contribution in [1.82, 2.24) is 10.2 Å². The molecule has 1 atom stereocenters. The second-order valence-electron chi connectivity index (χ2n) is 4.37. The molecule has 1 heterocycles. The minimum atomic E-state index is 0.256. The first kappa shape index (κ1) is 10.6. The summed E-state index contributed by atoms with van der Waals surface area (Å²) in [6, 6.07) is 2.02. The zero-order chi connectivity index (χ0) is 10.1. The molecular weight excluding hydrogens is 228 g/mol. The lowest BCUT2D eigenvalue weighted by Crippen LogP contribution is -2.16. The van der Waals surface area contributed by atoms with Crippen molar-refractivity contribution in [2.24, 2.45) is 5.41 Å². The van der Waals surface area contributed by atoms with E-state index in [-0.39, 0.29) is 5.41 Å². The third kappa shape index (κ3) is 2.50. The molecule has 0 fully saturated rings. The van der Waals surface area contributed by atoms with Crippen LogP contribution in [0, 0.1) is 5.41 Å².